The molecule has 4 nitrogen and oxygen atoms in total. The number of carbonyl (C=O) groups is 1. The van der Waals surface area contributed by atoms with Gasteiger partial charge in [0.05, 0.1) is 5.69 Å². The number of aromatic hydroxyl groups is 1. The molecule has 0 aliphatic rings. The van der Waals surface area contributed by atoms with Gasteiger partial charge in [-0.25, -0.2) is 0 Å². The molecule has 0 aliphatic carbocycles. The minimum Gasteiger partial charge on any atom is -0.506 e. The Labute approximate surface area is 109 Å². The van der Waals surface area contributed by atoms with Crippen molar-refractivity contribution in [2.45, 2.75) is 0 Å². The van der Waals surface area contributed by atoms with E-state index in [-0.39, 0.29) is 11.4 Å². The quantitative estimate of drug-likeness (QED) is 0.661. The van der Waals surface area contributed by atoms with E-state index in [1.165, 1.54) is 18.2 Å². The largest absolute Gasteiger partial charge is 0.506 e. The number of rotatable bonds is 3. The Morgan fingerprint density at radius 3 is 2.44 bits per heavy atom. The molecule has 0 aromatic heterocycles. The monoisotopic (exact) mass is 260 g/mol. The van der Waals surface area contributed by atoms with Gasteiger partial charge in [0.25, 0.3) is 0 Å². The maximum atomic E-state index is 10.6. The van der Waals surface area contributed by atoms with Gasteiger partial charge >= 0.3 is 0 Å². The SMILES string of the molecule is O=Cc1ccc(O)c(N=Nc2ccc(Cl)cc2)c1. The number of hydrogen-bond acceptors (Lipinski definition) is 4. The van der Waals surface area contributed by atoms with E-state index in [9.17, 15) is 9.90 Å². The maximum absolute atomic E-state index is 10.6. The average Bonchev–Trinajstić information content (AvgIpc) is 2.40. The lowest BCUT2D eigenvalue weighted by atomic mass is 10.2. The fourth-order valence-corrected chi connectivity index (χ4v) is 1.44. The second-order valence-corrected chi connectivity index (χ2v) is 3.98. The van der Waals surface area contributed by atoms with Crippen LogP contribution in [0, 0.1) is 0 Å². The van der Waals surface area contributed by atoms with Gasteiger partial charge in [0.2, 0.25) is 0 Å². The van der Waals surface area contributed by atoms with E-state index < -0.39 is 0 Å². The second kappa shape index (κ2) is 5.42. The number of benzene rings is 2. The molecule has 0 aliphatic heterocycles. The zero-order valence-electron chi connectivity index (χ0n) is 9.25. The molecule has 18 heavy (non-hydrogen) atoms. The Bertz CT molecular complexity index is 594. The Kier molecular flexibility index (Phi) is 3.69. The van der Waals surface area contributed by atoms with Crippen LogP contribution in [0.4, 0.5) is 11.4 Å². The molecule has 0 saturated heterocycles. The van der Waals surface area contributed by atoms with Crippen LogP contribution in [0.25, 0.3) is 0 Å². The molecule has 2 rings (SSSR count). The van der Waals surface area contributed by atoms with E-state index in [0.717, 1.165) is 0 Å². The fraction of sp³-hybridized carbons (Fsp3) is 0. The number of nitrogens with zero attached hydrogens (tertiary/aromatic N) is 2. The molecule has 0 saturated carbocycles. The molecular weight excluding hydrogens is 252 g/mol. The summed E-state index contributed by atoms with van der Waals surface area (Å²) in [5.74, 6) is -0.0293. The van der Waals surface area contributed by atoms with Crippen LogP contribution < -0.4 is 0 Å². The molecule has 0 heterocycles. The third-order valence-corrected chi connectivity index (χ3v) is 2.49. The van der Waals surface area contributed by atoms with Crippen LogP contribution in [0.5, 0.6) is 5.75 Å². The van der Waals surface area contributed by atoms with Crippen LogP contribution in [-0.2, 0) is 0 Å². The first-order valence-electron chi connectivity index (χ1n) is 5.14. The number of hydrogen-bond donors (Lipinski definition) is 1. The molecule has 0 atom stereocenters. The van der Waals surface area contributed by atoms with Crippen molar-refractivity contribution in [3.8, 4) is 5.75 Å². The van der Waals surface area contributed by atoms with Crippen molar-refractivity contribution in [2.24, 2.45) is 10.2 Å². The Morgan fingerprint density at radius 2 is 1.78 bits per heavy atom. The molecule has 90 valence electrons. The Morgan fingerprint density at radius 1 is 1.06 bits per heavy atom. The van der Waals surface area contributed by atoms with Crippen molar-refractivity contribution in [3.63, 3.8) is 0 Å². The molecule has 2 aromatic carbocycles. The molecule has 0 unspecified atom stereocenters. The Balaban J connectivity index is 2.27. The highest BCUT2D eigenvalue weighted by Gasteiger charge is 2.01. The molecule has 0 amide bonds. The van der Waals surface area contributed by atoms with E-state index in [4.69, 9.17) is 11.6 Å². The highest BCUT2D eigenvalue weighted by atomic mass is 35.5. The van der Waals surface area contributed by atoms with Crippen molar-refractivity contribution in [3.05, 3.63) is 53.1 Å². The molecule has 2 aromatic rings. The highest BCUT2D eigenvalue weighted by Crippen LogP contribution is 2.28. The lowest BCUT2D eigenvalue weighted by molar-refractivity contribution is 0.112. The summed E-state index contributed by atoms with van der Waals surface area (Å²) >= 11 is 5.74. The van der Waals surface area contributed by atoms with E-state index in [1.54, 1.807) is 24.3 Å². The Hall–Kier alpha value is -2.20. The van der Waals surface area contributed by atoms with Crippen molar-refractivity contribution >= 4 is 29.3 Å². The van der Waals surface area contributed by atoms with E-state index in [1.807, 2.05) is 0 Å². The molecular formula is C13H9ClN2O2. The second-order valence-electron chi connectivity index (χ2n) is 3.54. The predicted octanol–water partition coefficient (Wildman–Crippen LogP) is 4.27. The van der Waals surface area contributed by atoms with Crippen LogP contribution >= 0.6 is 11.6 Å². The minimum atomic E-state index is -0.0293. The van der Waals surface area contributed by atoms with Gasteiger partial charge in [-0.3, -0.25) is 4.79 Å². The van der Waals surface area contributed by atoms with Crippen molar-refractivity contribution in [1.29, 1.82) is 0 Å². The lowest BCUT2D eigenvalue weighted by Crippen LogP contribution is -1.77. The molecule has 0 bridgehead atoms. The van der Waals surface area contributed by atoms with E-state index >= 15 is 0 Å². The van der Waals surface area contributed by atoms with Gasteiger partial charge < -0.3 is 5.11 Å². The zero-order valence-corrected chi connectivity index (χ0v) is 10.0. The number of phenolic OH excluding ortho intramolecular Hbond substituents is 1. The maximum Gasteiger partial charge on any atom is 0.150 e. The summed E-state index contributed by atoms with van der Waals surface area (Å²) in [6.45, 7) is 0. The minimum absolute atomic E-state index is 0.0293. The van der Waals surface area contributed by atoms with Crippen LogP contribution in [-0.4, -0.2) is 11.4 Å². The first kappa shape index (κ1) is 12.3. The van der Waals surface area contributed by atoms with Crippen LogP contribution in [0.1, 0.15) is 10.4 Å². The smallest absolute Gasteiger partial charge is 0.150 e. The molecule has 5 heteroatoms. The normalized spacial score (nSPS) is 10.7. The molecule has 1 N–H and O–H groups in total. The summed E-state index contributed by atoms with van der Waals surface area (Å²) in [5, 5.41) is 18.0. The number of phenols is 1. The third-order valence-electron chi connectivity index (χ3n) is 2.24. The van der Waals surface area contributed by atoms with Crippen LogP contribution in [0.2, 0.25) is 5.02 Å². The van der Waals surface area contributed by atoms with Crippen molar-refractivity contribution in [2.75, 3.05) is 0 Å². The first-order valence-corrected chi connectivity index (χ1v) is 5.52. The van der Waals surface area contributed by atoms with Gasteiger partial charge in [-0.15, -0.1) is 5.11 Å². The van der Waals surface area contributed by atoms with Gasteiger partial charge in [0.15, 0.2) is 0 Å². The summed E-state index contributed by atoms with van der Waals surface area (Å²) in [5.41, 5.74) is 1.28. The summed E-state index contributed by atoms with van der Waals surface area (Å²) in [7, 11) is 0. The zero-order chi connectivity index (χ0) is 13.0. The third kappa shape index (κ3) is 2.93. The number of halogens is 1. The number of aldehydes is 1. The average molecular weight is 261 g/mol. The van der Waals surface area contributed by atoms with Crippen LogP contribution in [0.15, 0.2) is 52.7 Å². The number of azo groups is 1. The van der Waals surface area contributed by atoms with Gasteiger partial charge in [0.1, 0.15) is 17.7 Å². The van der Waals surface area contributed by atoms with Gasteiger partial charge in [-0.1, -0.05) is 11.6 Å². The van der Waals surface area contributed by atoms with E-state index in [2.05, 4.69) is 10.2 Å². The van der Waals surface area contributed by atoms with Gasteiger partial charge in [-0.2, -0.15) is 5.11 Å². The van der Waals surface area contributed by atoms with Gasteiger partial charge in [0, 0.05) is 10.6 Å². The van der Waals surface area contributed by atoms with Crippen molar-refractivity contribution < 1.29 is 9.90 Å². The predicted molar refractivity (Wildman–Crippen MR) is 69.1 cm³/mol. The van der Waals surface area contributed by atoms with Crippen molar-refractivity contribution in [1.82, 2.24) is 0 Å². The standard InChI is InChI=1S/C13H9ClN2O2/c14-10-2-4-11(5-3-10)15-16-12-7-9(8-17)1-6-13(12)18/h1-8,18H. The molecule has 0 fully saturated rings. The molecule has 0 radical (unpaired) electrons. The van der Waals surface area contributed by atoms with Crippen LogP contribution in [0.3, 0.4) is 0 Å². The molecule has 0 spiro atoms. The fourth-order valence-electron chi connectivity index (χ4n) is 1.31. The topological polar surface area (TPSA) is 62.0 Å². The van der Waals surface area contributed by atoms with Gasteiger partial charge in [-0.05, 0) is 42.5 Å². The number of carbonyl (C=O) groups excluding carboxylic acids is 1. The lowest BCUT2D eigenvalue weighted by Gasteiger charge is -1.98. The summed E-state index contributed by atoms with van der Waals surface area (Å²) in [6, 6.07) is 11.2. The summed E-state index contributed by atoms with van der Waals surface area (Å²) < 4.78 is 0. The van der Waals surface area contributed by atoms with E-state index in [0.29, 0.717) is 22.6 Å². The highest BCUT2D eigenvalue weighted by molar-refractivity contribution is 6.30. The summed E-state index contributed by atoms with van der Waals surface area (Å²) in [4.78, 5) is 10.6. The summed E-state index contributed by atoms with van der Waals surface area (Å²) in [6.07, 6.45) is 0.681. The first-order chi connectivity index (χ1) is 8.69.